The molecule has 0 spiro atoms. The third-order valence-corrected chi connectivity index (χ3v) is 1.83. The predicted molar refractivity (Wildman–Crippen MR) is 47.4 cm³/mol. The monoisotopic (exact) mass is 232 g/mol. The average molecular weight is 233 g/mol. The molecule has 1 aromatic rings. The van der Waals surface area contributed by atoms with E-state index in [1.807, 2.05) is 0 Å². The molecule has 1 aromatic heterocycles. The van der Waals surface area contributed by atoms with Crippen LogP contribution in [-0.2, 0) is 4.74 Å². The topological polar surface area (TPSA) is 39.4 Å². The van der Waals surface area contributed by atoms with E-state index in [4.69, 9.17) is 9.15 Å². The van der Waals surface area contributed by atoms with Gasteiger partial charge < -0.3 is 9.15 Å². The maximum atomic E-state index is 11.1. The average Bonchev–Trinajstić information content (AvgIpc) is 2.56. The van der Waals surface area contributed by atoms with Crippen molar-refractivity contribution in [1.82, 2.24) is 0 Å². The molecule has 0 saturated carbocycles. The first-order valence-corrected chi connectivity index (χ1v) is 4.72. The minimum Gasteiger partial charge on any atom is -0.472 e. The van der Waals surface area contributed by atoms with Gasteiger partial charge in [-0.05, 0) is 12.5 Å². The van der Waals surface area contributed by atoms with Crippen molar-refractivity contribution < 1.29 is 13.9 Å². The number of hydrogen-bond donors (Lipinski definition) is 0. The molecule has 0 unspecified atom stereocenters. The summed E-state index contributed by atoms with van der Waals surface area (Å²) in [5.74, 6) is -0.329. The maximum Gasteiger partial charge on any atom is 0.341 e. The Bertz CT molecular complexity index is 230. The molecule has 12 heavy (non-hydrogen) atoms. The summed E-state index contributed by atoms with van der Waals surface area (Å²) in [7, 11) is 0. The van der Waals surface area contributed by atoms with Crippen molar-refractivity contribution in [3.63, 3.8) is 0 Å². The molecule has 1 heterocycles. The summed E-state index contributed by atoms with van der Waals surface area (Å²) in [4.78, 5) is 11.1. The van der Waals surface area contributed by atoms with Crippen molar-refractivity contribution in [2.24, 2.45) is 0 Å². The molecule has 3 nitrogen and oxygen atoms in total. The van der Waals surface area contributed by atoms with Crippen LogP contribution in [0.5, 0.6) is 0 Å². The molecular formula is C8H9BrO3. The largest absolute Gasteiger partial charge is 0.472 e. The van der Waals surface area contributed by atoms with Crippen molar-refractivity contribution in [1.29, 1.82) is 0 Å². The number of halogens is 1. The summed E-state index contributed by atoms with van der Waals surface area (Å²) in [6.07, 6.45) is 3.64. The Kier molecular flexibility index (Phi) is 3.87. The second-order valence-corrected chi connectivity index (χ2v) is 2.98. The van der Waals surface area contributed by atoms with E-state index >= 15 is 0 Å². The highest BCUT2D eigenvalue weighted by Crippen LogP contribution is 2.02. The lowest BCUT2D eigenvalue weighted by Crippen LogP contribution is -2.05. The van der Waals surface area contributed by atoms with E-state index in [1.54, 1.807) is 6.07 Å². The van der Waals surface area contributed by atoms with Crippen molar-refractivity contribution in [3.05, 3.63) is 24.2 Å². The molecule has 0 fully saturated rings. The van der Waals surface area contributed by atoms with Gasteiger partial charge in [-0.25, -0.2) is 4.79 Å². The maximum absolute atomic E-state index is 11.1. The quantitative estimate of drug-likeness (QED) is 0.454. The second-order valence-electron chi connectivity index (χ2n) is 2.19. The number of carbonyl (C=O) groups is 1. The van der Waals surface area contributed by atoms with Gasteiger partial charge in [0.2, 0.25) is 0 Å². The van der Waals surface area contributed by atoms with Gasteiger partial charge in [-0.15, -0.1) is 0 Å². The van der Waals surface area contributed by atoms with E-state index in [9.17, 15) is 4.79 Å². The number of furan rings is 1. The fourth-order valence-electron chi connectivity index (χ4n) is 0.683. The summed E-state index contributed by atoms with van der Waals surface area (Å²) >= 11 is 3.24. The molecule has 4 heteroatoms. The highest BCUT2D eigenvalue weighted by atomic mass is 79.9. The molecule has 0 aliphatic heterocycles. The van der Waals surface area contributed by atoms with E-state index in [1.165, 1.54) is 12.5 Å². The Morgan fingerprint density at radius 1 is 1.67 bits per heavy atom. The zero-order valence-electron chi connectivity index (χ0n) is 6.46. The Morgan fingerprint density at radius 2 is 2.50 bits per heavy atom. The molecule has 0 saturated heterocycles. The van der Waals surface area contributed by atoms with Crippen molar-refractivity contribution in [2.75, 3.05) is 11.9 Å². The van der Waals surface area contributed by atoms with Gasteiger partial charge in [0, 0.05) is 5.33 Å². The van der Waals surface area contributed by atoms with Gasteiger partial charge in [0.15, 0.2) is 0 Å². The van der Waals surface area contributed by atoms with Gasteiger partial charge in [-0.1, -0.05) is 15.9 Å². The first-order valence-electron chi connectivity index (χ1n) is 3.60. The summed E-state index contributed by atoms with van der Waals surface area (Å²) in [5, 5.41) is 0.839. The van der Waals surface area contributed by atoms with Crippen LogP contribution < -0.4 is 0 Å². The molecule has 0 atom stereocenters. The second kappa shape index (κ2) is 4.98. The van der Waals surface area contributed by atoms with Gasteiger partial charge >= 0.3 is 5.97 Å². The van der Waals surface area contributed by atoms with Crippen LogP contribution in [0.25, 0.3) is 0 Å². The SMILES string of the molecule is O=C(OCCCBr)c1ccoc1. The minimum absolute atomic E-state index is 0.329. The predicted octanol–water partition coefficient (Wildman–Crippen LogP) is 2.22. The highest BCUT2D eigenvalue weighted by Gasteiger charge is 2.06. The van der Waals surface area contributed by atoms with Gasteiger partial charge in [-0.2, -0.15) is 0 Å². The van der Waals surface area contributed by atoms with E-state index in [-0.39, 0.29) is 5.97 Å². The first-order chi connectivity index (χ1) is 5.84. The fraction of sp³-hybridized carbons (Fsp3) is 0.375. The van der Waals surface area contributed by atoms with Crippen molar-refractivity contribution in [2.45, 2.75) is 6.42 Å². The molecule has 0 aromatic carbocycles. The van der Waals surface area contributed by atoms with Crippen LogP contribution in [0.1, 0.15) is 16.8 Å². The fourth-order valence-corrected chi connectivity index (χ4v) is 0.912. The number of carbonyl (C=O) groups excluding carboxylic acids is 1. The number of esters is 1. The molecule has 0 aliphatic carbocycles. The number of ether oxygens (including phenoxy) is 1. The van der Waals surface area contributed by atoms with E-state index in [0.717, 1.165) is 11.8 Å². The zero-order chi connectivity index (χ0) is 8.81. The molecule has 0 aliphatic rings. The van der Waals surface area contributed by atoms with Gasteiger partial charge in [0.1, 0.15) is 6.26 Å². The third-order valence-electron chi connectivity index (χ3n) is 1.27. The summed E-state index contributed by atoms with van der Waals surface area (Å²) in [6.45, 7) is 0.440. The van der Waals surface area contributed by atoms with E-state index < -0.39 is 0 Å². The van der Waals surface area contributed by atoms with Crippen molar-refractivity contribution >= 4 is 21.9 Å². The van der Waals surface area contributed by atoms with Crippen LogP contribution in [0.2, 0.25) is 0 Å². The molecular weight excluding hydrogens is 224 g/mol. The third kappa shape index (κ3) is 2.70. The van der Waals surface area contributed by atoms with E-state index in [0.29, 0.717) is 12.2 Å². The summed E-state index contributed by atoms with van der Waals surface area (Å²) < 4.78 is 9.63. The molecule has 0 amide bonds. The molecule has 1 rings (SSSR count). The van der Waals surface area contributed by atoms with Crippen LogP contribution in [0, 0.1) is 0 Å². The van der Waals surface area contributed by atoms with Crippen LogP contribution in [0.15, 0.2) is 23.0 Å². The Labute approximate surface area is 78.8 Å². The first kappa shape index (κ1) is 9.32. The number of rotatable bonds is 4. The van der Waals surface area contributed by atoms with Gasteiger partial charge in [0.05, 0.1) is 18.4 Å². The molecule has 0 bridgehead atoms. The lowest BCUT2D eigenvalue weighted by molar-refractivity contribution is 0.0506. The Morgan fingerprint density at radius 3 is 3.08 bits per heavy atom. The zero-order valence-corrected chi connectivity index (χ0v) is 8.04. The van der Waals surface area contributed by atoms with Crippen LogP contribution >= 0.6 is 15.9 Å². The van der Waals surface area contributed by atoms with Crippen LogP contribution in [-0.4, -0.2) is 17.9 Å². The van der Waals surface area contributed by atoms with Gasteiger partial charge in [-0.3, -0.25) is 0 Å². The lowest BCUT2D eigenvalue weighted by Gasteiger charge is -1.99. The summed E-state index contributed by atoms with van der Waals surface area (Å²) in [5.41, 5.74) is 0.463. The van der Waals surface area contributed by atoms with E-state index in [2.05, 4.69) is 15.9 Å². The molecule has 0 radical (unpaired) electrons. The highest BCUT2D eigenvalue weighted by molar-refractivity contribution is 9.09. The lowest BCUT2D eigenvalue weighted by atomic mass is 10.3. The van der Waals surface area contributed by atoms with Crippen molar-refractivity contribution in [3.8, 4) is 0 Å². The normalized spacial score (nSPS) is 9.75. The Balaban J connectivity index is 2.30. The molecule has 66 valence electrons. The number of alkyl halides is 1. The van der Waals surface area contributed by atoms with Crippen LogP contribution in [0.3, 0.4) is 0 Å². The number of hydrogen-bond acceptors (Lipinski definition) is 3. The smallest absolute Gasteiger partial charge is 0.341 e. The molecule has 0 N–H and O–H groups in total. The minimum atomic E-state index is -0.329. The van der Waals surface area contributed by atoms with Crippen LogP contribution in [0.4, 0.5) is 0 Å². The summed E-state index contributed by atoms with van der Waals surface area (Å²) in [6, 6.07) is 1.58. The standard InChI is InChI=1S/C8H9BrO3/c9-3-1-4-12-8(10)7-2-5-11-6-7/h2,5-6H,1,3-4H2. The van der Waals surface area contributed by atoms with Gasteiger partial charge in [0.25, 0.3) is 0 Å². The Hall–Kier alpha value is -0.770.